The van der Waals surface area contributed by atoms with Crippen molar-refractivity contribution in [2.45, 2.75) is 27.2 Å². The number of likely N-dealkylation sites (N-methyl/N-ethyl adjacent to an activating group) is 1. The molecule has 118 valence electrons. The van der Waals surface area contributed by atoms with Crippen molar-refractivity contribution < 1.29 is 26.7 Å². The largest absolute Gasteiger partial charge is 1.00 e. The highest BCUT2D eigenvalue weighted by atomic mass is 35.5. The number of carbonyl (C=O) groups is 1. The summed E-state index contributed by atoms with van der Waals surface area (Å²) < 4.78 is 11.2. The second-order valence-electron chi connectivity index (χ2n) is 4.89. The summed E-state index contributed by atoms with van der Waals surface area (Å²) in [5, 5.41) is 0. The molecule has 0 spiro atoms. The molecule has 4 nitrogen and oxygen atoms in total. The fraction of sp³-hybridized carbons (Fsp3) is 0.562. The third-order valence-electron chi connectivity index (χ3n) is 3.71. The number of benzene rings is 1. The summed E-state index contributed by atoms with van der Waals surface area (Å²) in [4.78, 5) is 14.6. The molecule has 5 heteroatoms. The fourth-order valence-electron chi connectivity index (χ4n) is 2.42. The van der Waals surface area contributed by atoms with Crippen LogP contribution in [-0.2, 0) is 6.42 Å². The zero-order valence-corrected chi connectivity index (χ0v) is 13.7. The number of ether oxygens (including phenoxy) is 2. The van der Waals surface area contributed by atoms with E-state index in [2.05, 4.69) is 25.7 Å². The van der Waals surface area contributed by atoms with Crippen molar-refractivity contribution in [3.05, 3.63) is 23.3 Å². The van der Waals surface area contributed by atoms with Crippen LogP contribution < -0.4 is 21.9 Å². The molecule has 0 aromatic heterocycles. The van der Waals surface area contributed by atoms with Gasteiger partial charge in [-0.05, 0) is 37.2 Å². The van der Waals surface area contributed by atoms with E-state index in [9.17, 15) is 4.79 Å². The molecule has 0 saturated heterocycles. The van der Waals surface area contributed by atoms with Crippen LogP contribution in [0.5, 0.6) is 11.5 Å². The lowest BCUT2D eigenvalue weighted by Gasteiger charge is -2.22. The van der Waals surface area contributed by atoms with E-state index in [4.69, 9.17) is 9.47 Å². The lowest BCUT2D eigenvalue weighted by molar-refractivity contribution is -0.0000129. The summed E-state index contributed by atoms with van der Waals surface area (Å²) in [7, 11) is 0. The standard InChI is InChI=1S/C16H23NO3.ClH/c1-4-12-9-15-16(20-8-7-19-15)10-13(12)14(18)11-17(5-2)6-3;/h9-10H,4-8,11H2,1-3H3;1H/p-1. The fourth-order valence-corrected chi connectivity index (χ4v) is 2.42. The predicted octanol–water partition coefficient (Wildman–Crippen LogP) is -0.451. The number of Topliss-reactive ketones (excluding diaryl/α,β-unsaturated/α-hetero) is 1. The van der Waals surface area contributed by atoms with Crippen LogP contribution in [-0.4, -0.2) is 43.5 Å². The van der Waals surface area contributed by atoms with Crippen molar-refractivity contribution >= 4 is 5.78 Å². The molecule has 0 unspecified atom stereocenters. The van der Waals surface area contributed by atoms with Crippen LogP contribution in [0.3, 0.4) is 0 Å². The Morgan fingerprint density at radius 3 is 2.19 bits per heavy atom. The summed E-state index contributed by atoms with van der Waals surface area (Å²) >= 11 is 0. The van der Waals surface area contributed by atoms with Crippen molar-refractivity contribution in [2.24, 2.45) is 0 Å². The van der Waals surface area contributed by atoms with Gasteiger partial charge >= 0.3 is 0 Å². The number of hydrogen-bond acceptors (Lipinski definition) is 4. The van der Waals surface area contributed by atoms with E-state index in [-0.39, 0.29) is 18.2 Å². The van der Waals surface area contributed by atoms with E-state index in [0.29, 0.717) is 25.5 Å². The van der Waals surface area contributed by atoms with Crippen molar-refractivity contribution in [3.8, 4) is 11.5 Å². The Balaban J connectivity index is 0.00000220. The number of fused-ring (bicyclic) bond motifs is 1. The molecule has 0 fully saturated rings. The summed E-state index contributed by atoms with van der Waals surface area (Å²) in [6, 6.07) is 3.79. The monoisotopic (exact) mass is 312 g/mol. The number of halogens is 1. The van der Waals surface area contributed by atoms with Gasteiger partial charge in [-0.15, -0.1) is 0 Å². The third-order valence-corrected chi connectivity index (χ3v) is 3.71. The lowest BCUT2D eigenvalue weighted by atomic mass is 10.00. The maximum absolute atomic E-state index is 12.5. The molecule has 1 aromatic carbocycles. The first kappa shape index (κ1) is 17.8. The molecule has 0 amide bonds. The molecule has 0 saturated carbocycles. The molecule has 0 bridgehead atoms. The average molecular weight is 313 g/mol. The van der Waals surface area contributed by atoms with E-state index >= 15 is 0 Å². The molecule has 1 heterocycles. The first-order valence-electron chi connectivity index (χ1n) is 7.37. The highest BCUT2D eigenvalue weighted by Crippen LogP contribution is 2.33. The summed E-state index contributed by atoms with van der Waals surface area (Å²) in [5.74, 6) is 1.60. The van der Waals surface area contributed by atoms with Gasteiger partial charge in [0.2, 0.25) is 0 Å². The number of rotatable bonds is 6. The number of hydrogen-bond donors (Lipinski definition) is 0. The first-order valence-corrected chi connectivity index (χ1v) is 7.37. The van der Waals surface area contributed by atoms with E-state index in [1.165, 1.54) is 0 Å². The van der Waals surface area contributed by atoms with Gasteiger partial charge in [0.15, 0.2) is 17.3 Å². The minimum atomic E-state index is 0. The zero-order valence-electron chi connectivity index (χ0n) is 12.9. The Morgan fingerprint density at radius 1 is 1.10 bits per heavy atom. The number of carbonyl (C=O) groups excluding carboxylic acids is 1. The molecule has 1 aliphatic rings. The van der Waals surface area contributed by atoms with E-state index < -0.39 is 0 Å². The van der Waals surface area contributed by atoms with Crippen LogP contribution in [0.15, 0.2) is 12.1 Å². The van der Waals surface area contributed by atoms with Gasteiger partial charge < -0.3 is 21.9 Å². The second-order valence-corrected chi connectivity index (χ2v) is 4.89. The Hall–Kier alpha value is -1.26. The number of ketones is 1. The van der Waals surface area contributed by atoms with Gasteiger partial charge in [0.25, 0.3) is 0 Å². The molecule has 21 heavy (non-hydrogen) atoms. The molecular weight excluding hydrogens is 290 g/mol. The number of nitrogens with zero attached hydrogens (tertiary/aromatic N) is 1. The quantitative estimate of drug-likeness (QED) is 0.667. The van der Waals surface area contributed by atoms with Crippen LogP contribution in [0.25, 0.3) is 0 Å². The van der Waals surface area contributed by atoms with Crippen LogP contribution in [0.1, 0.15) is 36.7 Å². The topological polar surface area (TPSA) is 38.8 Å². The lowest BCUT2D eigenvalue weighted by Crippen LogP contribution is -3.00. The van der Waals surface area contributed by atoms with E-state index in [0.717, 1.165) is 36.4 Å². The van der Waals surface area contributed by atoms with E-state index in [1.54, 1.807) is 0 Å². The molecule has 0 radical (unpaired) electrons. The summed E-state index contributed by atoms with van der Waals surface area (Å²) in [5.41, 5.74) is 1.80. The van der Waals surface area contributed by atoms with Gasteiger partial charge in [-0.2, -0.15) is 0 Å². The zero-order chi connectivity index (χ0) is 14.5. The van der Waals surface area contributed by atoms with Gasteiger partial charge in [0.05, 0.1) is 6.54 Å². The van der Waals surface area contributed by atoms with Gasteiger partial charge in [-0.3, -0.25) is 9.69 Å². The molecule has 1 aliphatic heterocycles. The van der Waals surface area contributed by atoms with Gasteiger partial charge in [0, 0.05) is 5.56 Å². The Bertz CT molecular complexity index is 487. The Labute approximate surface area is 132 Å². The maximum Gasteiger partial charge on any atom is 0.177 e. The smallest absolute Gasteiger partial charge is 0.177 e. The first-order chi connectivity index (χ1) is 9.69. The molecule has 0 N–H and O–H groups in total. The minimum Gasteiger partial charge on any atom is -1.00 e. The van der Waals surface area contributed by atoms with Crippen molar-refractivity contribution in [3.63, 3.8) is 0 Å². The Morgan fingerprint density at radius 2 is 1.67 bits per heavy atom. The SMILES string of the molecule is CCc1cc2c(cc1C(=O)CN(CC)CC)OCCO2.[Cl-]. The van der Waals surface area contributed by atoms with Crippen LogP contribution >= 0.6 is 0 Å². The second kappa shape index (κ2) is 8.25. The van der Waals surface area contributed by atoms with Crippen molar-refractivity contribution in [1.29, 1.82) is 0 Å². The Kier molecular flexibility index (Phi) is 6.99. The third kappa shape index (κ3) is 4.11. The van der Waals surface area contributed by atoms with Crippen LogP contribution in [0.2, 0.25) is 0 Å². The highest BCUT2D eigenvalue weighted by Gasteiger charge is 2.19. The van der Waals surface area contributed by atoms with Gasteiger partial charge in [-0.1, -0.05) is 20.8 Å². The molecule has 0 atom stereocenters. The summed E-state index contributed by atoms with van der Waals surface area (Å²) in [6.07, 6.45) is 0.815. The average Bonchev–Trinajstić information content (AvgIpc) is 2.50. The van der Waals surface area contributed by atoms with Crippen molar-refractivity contribution in [2.75, 3.05) is 32.8 Å². The number of aryl methyl sites for hydroxylation is 1. The van der Waals surface area contributed by atoms with Gasteiger partial charge in [-0.25, -0.2) is 0 Å². The molecule has 1 aromatic rings. The van der Waals surface area contributed by atoms with Crippen LogP contribution in [0, 0.1) is 0 Å². The normalized spacial score (nSPS) is 13.0. The minimum absolute atomic E-state index is 0. The highest BCUT2D eigenvalue weighted by molar-refractivity contribution is 5.99. The molecule has 2 rings (SSSR count). The molecule has 0 aliphatic carbocycles. The van der Waals surface area contributed by atoms with E-state index in [1.807, 2.05) is 12.1 Å². The molecular formula is C16H23ClNO3-. The predicted molar refractivity (Wildman–Crippen MR) is 78.9 cm³/mol. The van der Waals surface area contributed by atoms with Crippen molar-refractivity contribution in [1.82, 2.24) is 4.90 Å². The van der Waals surface area contributed by atoms with Crippen LogP contribution in [0.4, 0.5) is 0 Å². The maximum atomic E-state index is 12.5. The van der Waals surface area contributed by atoms with Gasteiger partial charge in [0.1, 0.15) is 13.2 Å². The summed E-state index contributed by atoms with van der Waals surface area (Å²) in [6.45, 7) is 9.54.